The molecule has 0 spiro atoms. The molecular weight excluding hydrogens is 194 g/mol. The molecule has 2 amide bonds. The number of Topliss-reactive ketones (excluding diaryl/α,β-unsaturated/α-hetero) is 1. The molecule has 1 aliphatic heterocycles. The summed E-state index contributed by atoms with van der Waals surface area (Å²) < 4.78 is 0. The minimum absolute atomic E-state index is 0.0733. The molecule has 2 aliphatic carbocycles. The second kappa shape index (κ2) is 2.56. The van der Waals surface area contributed by atoms with Crippen LogP contribution in [0.3, 0.4) is 0 Å². The Balaban J connectivity index is 2.03. The average molecular weight is 205 g/mol. The van der Waals surface area contributed by atoms with Crippen molar-refractivity contribution in [1.29, 1.82) is 0 Å². The Morgan fingerprint density at radius 3 is 2.33 bits per heavy atom. The minimum Gasteiger partial charge on any atom is -0.297 e. The van der Waals surface area contributed by atoms with Crippen LogP contribution in [0.1, 0.15) is 25.7 Å². The third-order valence-electron chi connectivity index (χ3n) is 3.82. The molecule has 2 fully saturated rings. The zero-order valence-electron chi connectivity index (χ0n) is 8.23. The maximum Gasteiger partial charge on any atom is 0.254 e. The number of ketones is 1. The molecule has 1 heterocycles. The van der Waals surface area contributed by atoms with E-state index in [2.05, 4.69) is 0 Å². The summed E-state index contributed by atoms with van der Waals surface area (Å²) in [5.74, 6) is -0.186. The van der Waals surface area contributed by atoms with Gasteiger partial charge in [0, 0.05) is 18.6 Å². The lowest BCUT2D eigenvalue weighted by Gasteiger charge is -2.33. The largest absolute Gasteiger partial charge is 0.297 e. The first kappa shape index (κ1) is 8.83. The summed E-state index contributed by atoms with van der Waals surface area (Å²) in [7, 11) is 0. The highest BCUT2D eigenvalue weighted by Crippen LogP contribution is 2.49. The summed E-state index contributed by atoms with van der Waals surface area (Å²) in [6.07, 6.45) is 5.37. The van der Waals surface area contributed by atoms with Crippen LogP contribution in [-0.4, -0.2) is 28.0 Å². The molecular formula is C11H11NO3. The van der Waals surface area contributed by atoms with Crippen molar-refractivity contribution in [2.24, 2.45) is 5.92 Å². The fraction of sp³-hybridized carbons (Fsp3) is 0.545. The number of hydrogen-bond acceptors (Lipinski definition) is 3. The van der Waals surface area contributed by atoms with E-state index in [0.29, 0.717) is 25.2 Å². The first-order valence-corrected chi connectivity index (χ1v) is 5.23. The van der Waals surface area contributed by atoms with Gasteiger partial charge in [0.2, 0.25) is 0 Å². The van der Waals surface area contributed by atoms with Gasteiger partial charge in [0.1, 0.15) is 5.54 Å². The van der Waals surface area contributed by atoms with Gasteiger partial charge in [-0.15, -0.1) is 0 Å². The summed E-state index contributed by atoms with van der Waals surface area (Å²) in [6.45, 7) is 0. The van der Waals surface area contributed by atoms with Crippen molar-refractivity contribution in [3.63, 3.8) is 0 Å². The van der Waals surface area contributed by atoms with Gasteiger partial charge in [0.15, 0.2) is 5.78 Å². The Hall–Kier alpha value is -1.45. The van der Waals surface area contributed by atoms with E-state index in [1.807, 2.05) is 0 Å². The molecule has 0 N–H and O–H groups in total. The van der Waals surface area contributed by atoms with Gasteiger partial charge in [-0.1, -0.05) is 0 Å². The van der Waals surface area contributed by atoms with Crippen molar-refractivity contribution < 1.29 is 14.4 Å². The highest BCUT2D eigenvalue weighted by Gasteiger charge is 2.58. The normalized spacial score (nSPS) is 38.5. The molecule has 78 valence electrons. The SMILES string of the molecule is O=C1C=CC(=O)N1C12CCC(CC1=O)C2. The van der Waals surface area contributed by atoms with Crippen LogP contribution < -0.4 is 0 Å². The number of rotatable bonds is 1. The molecule has 0 saturated heterocycles. The van der Waals surface area contributed by atoms with Crippen LogP contribution in [-0.2, 0) is 14.4 Å². The van der Waals surface area contributed by atoms with Crippen molar-refractivity contribution >= 4 is 17.6 Å². The molecule has 4 nitrogen and oxygen atoms in total. The first-order chi connectivity index (χ1) is 7.13. The molecule has 3 rings (SSSR count). The lowest BCUT2D eigenvalue weighted by atomic mass is 9.90. The van der Waals surface area contributed by atoms with Gasteiger partial charge in [-0.05, 0) is 25.2 Å². The lowest BCUT2D eigenvalue weighted by Crippen LogP contribution is -2.54. The Morgan fingerprint density at radius 2 is 1.87 bits per heavy atom. The minimum atomic E-state index is -0.775. The predicted octanol–water partition coefficient (Wildman–Crippen LogP) is 0.423. The molecule has 3 aliphatic rings. The van der Waals surface area contributed by atoms with E-state index in [4.69, 9.17) is 0 Å². The second-order valence-electron chi connectivity index (χ2n) is 4.61. The van der Waals surface area contributed by atoms with Crippen molar-refractivity contribution in [3.05, 3.63) is 12.2 Å². The standard InChI is InChI=1S/C11H11NO3/c13-8-5-7-3-4-11(8,6-7)12-9(14)1-2-10(12)15/h1-2,7H,3-6H2. The van der Waals surface area contributed by atoms with Crippen LogP contribution in [0, 0.1) is 5.92 Å². The van der Waals surface area contributed by atoms with E-state index in [-0.39, 0.29) is 17.6 Å². The fourth-order valence-corrected chi connectivity index (χ4v) is 3.15. The second-order valence-corrected chi connectivity index (χ2v) is 4.61. The molecule has 0 aromatic heterocycles. The van der Waals surface area contributed by atoms with Crippen molar-refractivity contribution in [2.75, 3.05) is 0 Å². The molecule has 2 bridgehead atoms. The van der Waals surface area contributed by atoms with Crippen molar-refractivity contribution in [1.82, 2.24) is 4.90 Å². The van der Waals surface area contributed by atoms with E-state index in [1.54, 1.807) is 0 Å². The van der Waals surface area contributed by atoms with Crippen LogP contribution in [0.5, 0.6) is 0 Å². The average Bonchev–Trinajstić information content (AvgIpc) is 2.80. The van der Waals surface area contributed by atoms with Gasteiger partial charge >= 0.3 is 0 Å². The van der Waals surface area contributed by atoms with E-state index >= 15 is 0 Å². The summed E-state index contributed by atoms with van der Waals surface area (Å²) >= 11 is 0. The molecule has 0 aromatic carbocycles. The third-order valence-corrected chi connectivity index (χ3v) is 3.82. The van der Waals surface area contributed by atoms with Crippen LogP contribution in [0.25, 0.3) is 0 Å². The Labute approximate surface area is 86.9 Å². The zero-order valence-corrected chi connectivity index (χ0v) is 8.23. The topological polar surface area (TPSA) is 54.5 Å². The number of hydrogen-bond donors (Lipinski definition) is 0. The van der Waals surface area contributed by atoms with Gasteiger partial charge < -0.3 is 0 Å². The van der Waals surface area contributed by atoms with E-state index in [0.717, 1.165) is 6.42 Å². The quantitative estimate of drug-likeness (QED) is 0.583. The summed E-state index contributed by atoms with van der Waals surface area (Å²) in [6, 6.07) is 0. The van der Waals surface area contributed by atoms with E-state index < -0.39 is 5.54 Å². The molecule has 0 aromatic rings. The summed E-state index contributed by atoms with van der Waals surface area (Å²) in [5, 5.41) is 0. The van der Waals surface area contributed by atoms with Gasteiger partial charge in [0.05, 0.1) is 0 Å². The Bertz CT molecular complexity index is 394. The monoisotopic (exact) mass is 205 g/mol. The third kappa shape index (κ3) is 0.940. The summed E-state index contributed by atoms with van der Waals surface area (Å²) in [4.78, 5) is 36.2. The van der Waals surface area contributed by atoms with Crippen LogP contribution in [0.2, 0.25) is 0 Å². The maximum absolute atomic E-state index is 11.9. The molecule has 2 unspecified atom stereocenters. The van der Waals surface area contributed by atoms with Gasteiger partial charge in [-0.25, -0.2) is 0 Å². The van der Waals surface area contributed by atoms with Crippen molar-refractivity contribution in [3.8, 4) is 0 Å². The zero-order chi connectivity index (χ0) is 10.6. The van der Waals surface area contributed by atoms with E-state index in [9.17, 15) is 14.4 Å². The first-order valence-electron chi connectivity index (χ1n) is 5.23. The van der Waals surface area contributed by atoms with Crippen LogP contribution in [0.4, 0.5) is 0 Å². The maximum atomic E-state index is 11.9. The van der Waals surface area contributed by atoms with Crippen LogP contribution >= 0.6 is 0 Å². The molecule has 0 radical (unpaired) electrons. The number of fused-ring (bicyclic) bond motifs is 2. The number of imide groups is 1. The molecule has 15 heavy (non-hydrogen) atoms. The number of amides is 2. The molecule has 2 atom stereocenters. The smallest absolute Gasteiger partial charge is 0.254 e. The highest BCUT2D eigenvalue weighted by atomic mass is 16.2. The Kier molecular flexibility index (Phi) is 1.51. The fourth-order valence-electron chi connectivity index (χ4n) is 3.15. The van der Waals surface area contributed by atoms with Crippen LogP contribution in [0.15, 0.2) is 12.2 Å². The number of nitrogens with zero attached hydrogens (tertiary/aromatic N) is 1. The highest BCUT2D eigenvalue weighted by molar-refractivity contribution is 6.16. The summed E-state index contributed by atoms with van der Waals surface area (Å²) in [5.41, 5.74) is -0.775. The van der Waals surface area contributed by atoms with E-state index in [1.165, 1.54) is 17.1 Å². The van der Waals surface area contributed by atoms with Gasteiger partial charge in [0.25, 0.3) is 11.8 Å². The Morgan fingerprint density at radius 1 is 1.20 bits per heavy atom. The molecule has 2 saturated carbocycles. The van der Waals surface area contributed by atoms with Crippen molar-refractivity contribution in [2.45, 2.75) is 31.2 Å². The number of carbonyl (C=O) groups excluding carboxylic acids is 3. The lowest BCUT2D eigenvalue weighted by molar-refractivity contribution is -0.150. The van der Waals surface area contributed by atoms with Gasteiger partial charge in [-0.3, -0.25) is 19.3 Å². The molecule has 4 heteroatoms. The number of carbonyl (C=O) groups is 3. The predicted molar refractivity (Wildman–Crippen MR) is 50.7 cm³/mol. The van der Waals surface area contributed by atoms with Gasteiger partial charge in [-0.2, -0.15) is 0 Å².